The lowest BCUT2D eigenvalue weighted by Gasteiger charge is -2.07. The molecule has 0 saturated heterocycles. The van der Waals surface area contributed by atoms with Gasteiger partial charge in [0, 0.05) is 19.1 Å². The largest absolute Gasteiger partial charge is 0.319 e. The maximum absolute atomic E-state index is 6.23. The summed E-state index contributed by atoms with van der Waals surface area (Å²) in [5, 5.41) is 2.06. The monoisotopic (exact) mass is 301 g/mol. The molecule has 0 aliphatic carbocycles. The van der Waals surface area contributed by atoms with Crippen LogP contribution >= 0.6 is 38.6 Å². The standard InChI is InChI=1S/C11H12BrNS2/c1-6-5-9(15-7(6)2)10(13)11-8(12)3-4-14-11/h3-5,10H,13H2,1-2H3. The zero-order valence-electron chi connectivity index (χ0n) is 8.58. The topological polar surface area (TPSA) is 26.0 Å². The summed E-state index contributed by atoms with van der Waals surface area (Å²) in [5.74, 6) is 0. The van der Waals surface area contributed by atoms with Gasteiger partial charge >= 0.3 is 0 Å². The predicted molar refractivity (Wildman–Crippen MR) is 71.8 cm³/mol. The molecule has 1 atom stereocenters. The van der Waals surface area contributed by atoms with E-state index in [1.807, 2.05) is 6.07 Å². The van der Waals surface area contributed by atoms with Gasteiger partial charge in [0.25, 0.3) is 0 Å². The SMILES string of the molecule is Cc1cc(C(N)c2sccc2Br)sc1C. The van der Waals surface area contributed by atoms with Crippen molar-refractivity contribution in [2.45, 2.75) is 19.9 Å². The Morgan fingerprint density at radius 2 is 2.13 bits per heavy atom. The summed E-state index contributed by atoms with van der Waals surface area (Å²) in [4.78, 5) is 3.80. The fourth-order valence-electron chi connectivity index (χ4n) is 1.41. The van der Waals surface area contributed by atoms with Gasteiger partial charge in [0.1, 0.15) is 0 Å². The van der Waals surface area contributed by atoms with Crippen molar-refractivity contribution < 1.29 is 0 Å². The minimum absolute atomic E-state index is 0.0109. The molecule has 15 heavy (non-hydrogen) atoms. The average molecular weight is 302 g/mol. The van der Waals surface area contributed by atoms with Crippen molar-refractivity contribution in [3.8, 4) is 0 Å². The minimum atomic E-state index is 0.0109. The second kappa shape index (κ2) is 4.37. The Labute approximate surface area is 106 Å². The normalized spacial score (nSPS) is 13.1. The zero-order chi connectivity index (χ0) is 11.0. The minimum Gasteiger partial charge on any atom is -0.319 e. The van der Waals surface area contributed by atoms with Gasteiger partial charge in [0.15, 0.2) is 0 Å². The Morgan fingerprint density at radius 3 is 2.60 bits per heavy atom. The molecule has 1 unspecified atom stereocenters. The highest BCUT2D eigenvalue weighted by atomic mass is 79.9. The smallest absolute Gasteiger partial charge is 0.0751 e. The van der Waals surface area contributed by atoms with Crippen LogP contribution in [0.3, 0.4) is 0 Å². The van der Waals surface area contributed by atoms with E-state index in [0.717, 1.165) is 4.47 Å². The Morgan fingerprint density at radius 1 is 1.40 bits per heavy atom. The Balaban J connectivity index is 2.36. The molecule has 0 spiro atoms. The first kappa shape index (κ1) is 11.3. The van der Waals surface area contributed by atoms with Crippen molar-refractivity contribution >= 4 is 38.6 Å². The summed E-state index contributed by atoms with van der Waals surface area (Å²) in [6.45, 7) is 4.27. The first-order chi connectivity index (χ1) is 7.09. The summed E-state index contributed by atoms with van der Waals surface area (Å²) in [5.41, 5.74) is 7.57. The maximum atomic E-state index is 6.23. The lowest BCUT2D eigenvalue weighted by Crippen LogP contribution is -2.08. The Kier molecular flexibility index (Phi) is 3.30. The van der Waals surface area contributed by atoms with E-state index in [9.17, 15) is 0 Å². The first-order valence-electron chi connectivity index (χ1n) is 4.65. The molecule has 4 heteroatoms. The molecule has 0 amide bonds. The van der Waals surface area contributed by atoms with Gasteiger partial charge in [-0.1, -0.05) is 0 Å². The highest BCUT2D eigenvalue weighted by Gasteiger charge is 2.16. The fraction of sp³-hybridized carbons (Fsp3) is 0.273. The summed E-state index contributed by atoms with van der Waals surface area (Å²) in [6.07, 6.45) is 0. The fourth-order valence-corrected chi connectivity index (χ4v) is 4.18. The third-order valence-electron chi connectivity index (χ3n) is 2.42. The molecule has 2 N–H and O–H groups in total. The number of nitrogens with two attached hydrogens (primary N) is 1. The molecule has 0 aliphatic heterocycles. The van der Waals surface area contributed by atoms with Crippen LogP contribution in [-0.2, 0) is 0 Å². The Hall–Kier alpha value is -0.160. The van der Waals surface area contributed by atoms with Crippen LogP contribution in [0.2, 0.25) is 0 Å². The van der Waals surface area contributed by atoms with Gasteiger partial charge < -0.3 is 5.73 Å². The third-order valence-corrected chi connectivity index (χ3v) is 5.61. The van der Waals surface area contributed by atoms with E-state index in [2.05, 4.69) is 41.2 Å². The number of hydrogen-bond acceptors (Lipinski definition) is 3. The summed E-state index contributed by atoms with van der Waals surface area (Å²) < 4.78 is 1.11. The number of thiophene rings is 2. The van der Waals surface area contributed by atoms with Gasteiger partial charge in [-0.15, -0.1) is 22.7 Å². The van der Waals surface area contributed by atoms with Gasteiger partial charge in [-0.2, -0.15) is 0 Å². The first-order valence-corrected chi connectivity index (χ1v) is 7.14. The molecule has 2 aromatic rings. The van der Waals surface area contributed by atoms with Gasteiger partial charge in [-0.3, -0.25) is 0 Å². The van der Waals surface area contributed by atoms with Crippen molar-refractivity contribution in [1.29, 1.82) is 0 Å². The average Bonchev–Trinajstić information content (AvgIpc) is 2.74. The van der Waals surface area contributed by atoms with Crippen LogP contribution in [-0.4, -0.2) is 0 Å². The molecule has 0 aliphatic rings. The van der Waals surface area contributed by atoms with Crippen LogP contribution in [0, 0.1) is 13.8 Å². The second-order valence-corrected chi connectivity index (χ2v) is 6.59. The van der Waals surface area contributed by atoms with E-state index >= 15 is 0 Å². The number of aryl methyl sites for hydroxylation is 2. The Bertz CT molecular complexity index is 453. The van der Waals surface area contributed by atoms with Crippen molar-refractivity contribution in [3.63, 3.8) is 0 Å². The second-order valence-electron chi connectivity index (χ2n) is 3.50. The summed E-state index contributed by atoms with van der Waals surface area (Å²) in [7, 11) is 0. The molecular weight excluding hydrogens is 290 g/mol. The van der Waals surface area contributed by atoms with Crippen LogP contribution < -0.4 is 5.73 Å². The van der Waals surface area contributed by atoms with Crippen molar-refractivity contribution in [1.82, 2.24) is 0 Å². The third kappa shape index (κ3) is 2.18. The molecule has 80 valence electrons. The number of hydrogen-bond donors (Lipinski definition) is 1. The molecule has 2 aromatic heterocycles. The van der Waals surface area contributed by atoms with E-state index in [1.165, 1.54) is 20.2 Å². The van der Waals surface area contributed by atoms with E-state index in [4.69, 9.17) is 5.73 Å². The van der Waals surface area contributed by atoms with E-state index in [1.54, 1.807) is 22.7 Å². The summed E-state index contributed by atoms with van der Waals surface area (Å²) in [6, 6.07) is 4.25. The molecule has 0 saturated carbocycles. The van der Waals surface area contributed by atoms with Crippen molar-refractivity contribution in [3.05, 3.63) is 42.2 Å². The maximum Gasteiger partial charge on any atom is 0.0751 e. The van der Waals surface area contributed by atoms with Gasteiger partial charge in [0.2, 0.25) is 0 Å². The molecule has 2 heterocycles. The van der Waals surface area contributed by atoms with E-state index in [0.29, 0.717) is 0 Å². The predicted octanol–water partition coefficient (Wildman–Crippen LogP) is 4.24. The van der Waals surface area contributed by atoms with Crippen molar-refractivity contribution in [2.75, 3.05) is 0 Å². The van der Waals surface area contributed by atoms with Gasteiger partial charge in [0.05, 0.1) is 6.04 Å². The summed E-state index contributed by atoms with van der Waals surface area (Å²) >= 11 is 7.02. The van der Waals surface area contributed by atoms with Gasteiger partial charge in [-0.25, -0.2) is 0 Å². The molecule has 0 bridgehead atoms. The lowest BCUT2D eigenvalue weighted by atomic mass is 10.2. The van der Waals surface area contributed by atoms with E-state index < -0.39 is 0 Å². The van der Waals surface area contributed by atoms with Crippen LogP contribution in [0.1, 0.15) is 26.2 Å². The number of halogens is 1. The molecule has 0 radical (unpaired) electrons. The highest BCUT2D eigenvalue weighted by Crippen LogP contribution is 2.35. The molecule has 0 aromatic carbocycles. The quantitative estimate of drug-likeness (QED) is 0.882. The number of rotatable bonds is 2. The zero-order valence-corrected chi connectivity index (χ0v) is 11.8. The van der Waals surface area contributed by atoms with Gasteiger partial charge in [-0.05, 0) is 52.9 Å². The lowest BCUT2D eigenvalue weighted by molar-refractivity contribution is 0.911. The molecule has 1 nitrogen and oxygen atoms in total. The van der Waals surface area contributed by atoms with Crippen LogP contribution in [0.5, 0.6) is 0 Å². The molecule has 2 rings (SSSR count). The molecule has 0 fully saturated rings. The van der Waals surface area contributed by atoms with Crippen molar-refractivity contribution in [2.24, 2.45) is 5.73 Å². The molecular formula is C11H12BrNS2. The van der Waals surface area contributed by atoms with E-state index in [-0.39, 0.29) is 6.04 Å². The van der Waals surface area contributed by atoms with Crippen LogP contribution in [0.4, 0.5) is 0 Å². The van der Waals surface area contributed by atoms with Crippen LogP contribution in [0.15, 0.2) is 22.0 Å². The van der Waals surface area contributed by atoms with Crippen LogP contribution in [0.25, 0.3) is 0 Å². The highest BCUT2D eigenvalue weighted by molar-refractivity contribution is 9.10.